The van der Waals surface area contributed by atoms with Crippen molar-refractivity contribution in [3.63, 3.8) is 0 Å². The standard InChI is InChI=1S/C24H18Se2/c1-15-3-7-17(8-4-15)21-11-19-13-24-20(14-23(19)25-21)12-22(26-24)18-9-5-16(2)6-10-18/h3-14H,1-2H3. The molecule has 0 nitrogen and oxygen atoms in total. The second-order valence-corrected chi connectivity index (χ2v) is 11.4. The molecule has 0 unspecified atom stereocenters. The SMILES string of the molecule is Cc1ccc(-c2cc3cc4[se]c(-c5ccc(C)cc5)cc4cc3[se]2)cc1. The van der Waals surface area contributed by atoms with Gasteiger partial charge in [0.2, 0.25) is 0 Å². The molecular weight excluding hydrogens is 446 g/mol. The fourth-order valence-corrected chi connectivity index (χ4v) is 7.90. The number of hydrogen-bond donors (Lipinski definition) is 0. The van der Waals surface area contributed by atoms with Crippen LogP contribution in [0.5, 0.6) is 0 Å². The fourth-order valence-electron chi connectivity index (χ4n) is 3.29. The Balaban J connectivity index is 1.60. The number of aryl methyl sites for hydroxylation is 2. The van der Waals surface area contributed by atoms with E-state index in [1.807, 2.05) is 0 Å². The van der Waals surface area contributed by atoms with Crippen LogP contribution >= 0.6 is 0 Å². The summed E-state index contributed by atoms with van der Waals surface area (Å²) in [4.78, 5) is 0. The molecule has 0 atom stereocenters. The van der Waals surface area contributed by atoms with Crippen molar-refractivity contribution in [1.29, 1.82) is 0 Å². The molecule has 0 saturated heterocycles. The van der Waals surface area contributed by atoms with E-state index in [9.17, 15) is 0 Å². The summed E-state index contributed by atoms with van der Waals surface area (Å²) in [6.45, 7) is 4.30. The molecule has 2 aromatic heterocycles. The summed E-state index contributed by atoms with van der Waals surface area (Å²) in [5.41, 5.74) is 5.42. The molecule has 5 aromatic rings. The Labute approximate surface area is 165 Å². The van der Waals surface area contributed by atoms with Gasteiger partial charge in [-0.1, -0.05) is 0 Å². The maximum absolute atomic E-state index is 2.45. The van der Waals surface area contributed by atoms with Crippen molar-refractivity contribution in [1.82, 2.24) is 0 Å². The van der Waals surface area contributed by atoms with Gasteiger partial charge >= 0.3 is 166 Å². The van der Waals surface area contributed by atoms with E-state index in [1.165, 1.54) is 50.4 Å². The average molecular weight is 464 g/mol. The molecule has 3 aromatic carbocycles. The Hall–Kier alpha value is -1.82. The van der Waals surface area contributed by atoms with Gasteiger partial charge in [-0.05, 0) is 0 Å². The van der Waals surface area contributed by atoms with Gasteiger partial charge in [0.05, 0.1) is 0 Å². The van der Waals surface area contributed by atoms with Crippen molar-refractivity contribution in [2.24, 2.45) is 0 Å². The first-order valence-electron chi connectivity index (χ1n) is 8.77. The van der Waals surface area contributed by atoms with Crippen LogP contribution in [-0.4, -0.2) is 29.0 Å². The van der Waals surface area contributed by atoms with Gasteiger partial charge in [0.15, 0.2) is 0 Å². The van der Waals surface area contributed by atoms with Gasteiger partial charge in [0, 0.05) is 0 Å². The van der Waals surface area contributed by atoms with E-state index >= 15 is 0 Å². The van der Waals surface area contributed by atoms with Crippen LogP contribution in [-0.2, 0) is 0 Å². The summed E-state index contributed by atoms with van der Waals surface area (Å²) in [6, 6.07) is 27.7. The van der Waals surface area contributed by atoms with Crippen LogP contribution in [0.2, 0.25) is 0 Å². The number of fused-ring (bicyclic) bond motifs is 2. The van der Waals surface area contributed by atoms with Gasteiger partial charge < -0.3 is 0 Å². The maximum atomic E-state index is 2.45. The van der Waals surface area contributed by atoms with Gasteiger partial charge in [-0.15, -0.1) is 0 Å². The van der Waals surface area contributed by atoms with Crippen LogP contribution in [0.1, 0.15) is 11.1 Å². The molecule has 0 radical (unpaired) electrons. The Morgan fingerprint density at radius 1 is 0.500 bits per heavy atom. The molecule has 0 N–H and O–H groups in total. The second-order valence-electron chi connectivity index (χ2n) is 6.88. The molecular formula is C24H18Se2. The van der Waals surface area contributed by atoms with E-state index in [2.05, 4.69) is 86.6 Å². The summed E-state index contributed by atoms with van der Waals surface area (Å²) in [6.07, 6.45) is 0. The normalized spacial score (nSPS) is 11.5. The van der Waals surface area contributed by atoms with Crippen LogP contribution in [0.4, 0.5) is 0 Å². The Kier molecular flexibility index (Phi) is 4.03. The van der Waals surface area contributed by atoms with Gasteiger partial charge in [0.25, 0.3) is 0 Å². The van der Waals surface area contributed by atoms with Crippen molar-refractivity contribution in [3.05, 3.63) is 83.9 Å². The van der Waals surface area contributed by atoms with Crippen molar-refractivity contribution in [3.8, 4) is 20.0 Å². The van der Waals surface area contributed by atoms with E-state index in [4.69, 9.17) is 0 Å². The first kappa shape index (κ1) is 16.4. The molecule has 26 heavy (non-hydrogen) atoms. The predicted octanol–water partition coefficient (Wildman–Crippen LogP) is 6.06. The Bertz CT molecular complexity index is 1070. The molecule has 0 spiro atoms. The Morgan fingerprint density at radius 3 is 1.27 bits per heavy atom. The van der Waals surface area contributed by atoms with Crippen molar-refractivity contribution in [2.75, 3.05) is 0 Å². The van der Waals surface area contributed by atoms with Crippen LogP contribution in [0.15, 0.2) is 72.8 Å². The number of benzene rings is 3. The minimum absolute atomic E-state index is 0.410. The number of hydrogen-bond acceptors (Lipinski definition) is 0. The summed E-state index contributed by atoms with van der Waals surface area (Å²) in [5.74, 6) is 0. The second kappa shape index (κ2) is 6.41. The average Bonchev–Trinajstić information content (AvgIpc) is 3.23. The van der Waals surface area contributed by atoms with E-state index < -0.39 is 0 Å². The van der Waals surface area contributed by atoms with Crippen molar-refractivity contribution < 1.29 is 0 Å². The quantitative estimate of drug-likeness (QED) is 0.279. The van der Waals surface area contributed by atoms with Gasteiger partial charge in [0.1, 0.15) is 0 Å². The molecule has 126 valence electrons. The van der Waals surface area contributed by atoms with Gasteiger partial charge in [-0.3, -0.25) is 0 Å². The molecule has 0 fully saturated rings. The zero-order chi connectivity index (χ0) is 17.7. The van der Waals surface area contributed by atoms with Crippen LogP contribution in [0.25, 0.3) is 39.3 Å². The van der Waals surface area contributed by atoms with E-state index in [-0.39, 0.29) is 0 Å². The molecule has 5 rings (SSSR count). The van der Waals surface area contributed by atoms with Gasteiger partial charge in [-0.2, -0.15) is 0 Å². The summed E-state index contributed by atoms with van der Waals surface area (Å²) < 4.78 is 6.07. The van der Waals surface area contributed by atoms with E-state index in [0.29, 0.717) is 29.0 Å². The van der Waals surface area contributed by atoms with Crippen LogP contribution < -0.4 is 0 Å². The topological polar surface area (TPSA) is 0 Å². The first-order chi connectivity index (χ1) is 12.7. The molecule has 0 aliphatic carbocycles. The molecule has 0 bridgehead atoms. The number of rotatable bonds is 2. The first-order valence-corrected chi connectivity index (χ1v) is 12.2. The summed E-state index contributed by atoms with van der Waals surface area (Å²) in [5, 5.41) is 2.89. The molecule has 0 aliphatic rings. The van der Waals surface area contributed by atoms with Crippen LogP contribution in [0.3, 0.4) is 0 Å². The monoisotopic (exact) mass is 466 g/mol. The third-order valence-corrected chi connectivity index (χ3v) is 9.64. The van der Waals surface area contributed by atoms with E-state index in [0.717, 1.165) is 0 Å². The molecule has 0 aliphatic heterocycles. The zero-order valence-electron chi connectivity index (χ0n) is 14.7. The molecule has 0 amide bonds. The molecule has 2 heterocycles. The minimum atomic E-state index is 0.410. The van der Waals surface area contributed by atoms with Crippen LogP contribution in [0, 0.1) is 13.8 Å². The summed E-state index contributed by atoms with van der Waals surface area (Å²) >= 11 is 0.820. The van der Waals surface area contributed by atoms with Crippen molar-refractivity contribution in [2.45, 2.75) is 13.8 Å². The molecule has 2 heteroatoms. The fraction of sp³-hybridized carbons (Fsp3) is 0.0833. The zero-order valence-corrected chi connectivity index (χ0v) is 18.2. The Morgan fingerprint density at radius 2 is 0.885 bits per heavy atom. The molecule has 0 saturated carbocycles. The van der Waals surface area contributed by atoms with E-state index in [1.54, 1.807) is 0 Å². The third kappa shape index (κ3) is 2.94. The summed E-state index contributed by atoms with van der Waals surface area (Å²) in [7, 11) is 0. The van der Waals surface area contributed by atoms with Crippen molar-refractivity contribution >= 4 is 48.3 Å². The predicted molar refractivity (Wildman–Crippen MR) is 116 cm³/mol. The third-order valence-electron chi connectivity index (χ3n) is 4.83. The van der Waals surface area contributed by atoms with Gasteiger partial charge in [-0.25, -0.2) is 0 Å².